The number of para-hydroxylation sites is 1. The number of nitrogens with zero attached hydrogens (tertiary/aromatic N) is 2. The average molecular weight is 284 g/mol. The van der Waals surface area contributed by atoms with Gasteiger partial charge in [-0.2, -0.15) is 0 Å². The highest BCUT2D eigenvalue weighted by Gasteiger charge is 2.05. The zero-order chi connectivity index (χ0) is 15.1. The maximum absolute atomic E-state index is 11.9. The van der Waals surface area contributed by atoms with Crippen molar-refractivity contribution >= 4 is 17.4 Å². The summed E-state index contributed by atoms with van der Waals surface area (Å²) >= 11 is 0. The lowest BCUT2D eigenvalue weighted by Gasteiger charge is -2.19. The SMILES string of the molecule is CN(CCCNC(=O)c1ccc(N)nc1)c1ccccc1. The zero-order valence-electron chi connectivity index (χ0n) is 12.1. The molecule has 0 unspecified atom stereocenters. The van der Waals surface area contributed by atoms with Crippen LogP contribution in [-0.2, 0) is 0 Å². The molecular weight excluding hydrogens is 264 g/mol. The number of rotatable bonds is 6. The van der Waals surface area contributed by atoms with Crippen LogP contribution in [0, 0.1) is 0 Å². The molecule has 0 aliphatic carbocycles. The van der Waals surface area contributed by atoms with Crippen LogP contribution in [0.15, 0.2) is 48.7 Å². The number of anilines is 2. The number of nitrogens with one attached hydrogen (secondary N) is 1. The third-order valence-electron chi connectivity index (χ3n) is 3.20. The van der Waals surface area contributed by atoms with E-state index in [-0.39, 0.29) is 5.91 Å². The minimum Gasteiger partial charge on any atom is -0.384 e. The number of carbonyl (C=O) groups excluding carboxylic acids is 1. The van der Waals surface area contributed by atoms with Gasteiger partial charge in [0.05, 0.1) is 5.56 Å². The largest absolute Gasteiger partial charge is 0.384 e. The zero-order valence-corrected chi connectivity index (χ0v) is 12.1. The van der Waals surface area contributed by atoms with E-state index in [1.807, 2.05) is 25.2 Å². The maximum Gasteiger partial charge on any atom is 0.252 e. The molecule has 0 saturated carbocycles. The second kappa shape index (κ2) is 7.28. The summed E-state index contributed by atoms with van der Waals surface area (Å²) in [5, 5.41) is 2.88. The molecule has 0 aliphatic heterocycles. The number of aromatic nitrogens is 1. The Kier molecular flexibility index (Phi) is 5.15. The number of carbonyl (C=O) groups is 1. The van der Waals surface area contributed by atoms with Gasteiger partial charge in [-0.3, -0.25) is 4.79 Å². The van der Waals surface area contributed by atoms with Crippen molar-refractivity contribution in [2.75, 3.05) is 30.8 Å². The van der Waals surface area contributed by atoms with Crippen LogP contribution in [0.5, 0.6) is 0 Å². The number of amides is 1. The molecule has 110 valence electrons. The number of pyridine rings is 1. The second-order valence-corrected chi connectivity index (χ2v) is 4.84. The fraction of sp³-hybridized carbons (Fsp3) is 0.250. The molecule has 5 heteroatoms. The van der Waals surface area contributed by atoms with Crippen molar-refractivity contribution in [3.8, 4) is 0 Å². The van der Waals surface area contributed by atoms with Crippen molar-refractivity contribution in [2.24, 2.45) is 0 Å². The second-order valence-electron chi connectivity index (χ2n) is 4.84. The van der Waals surface area contributed by atoms with Crippen LogP contribution in [0.2, 0.25) is 0 Å². The lowest BCUT2D eigenvalue weighted by atomic mass is 10.2. The van der Waals surface area contributed by atoms with Gasteiger partial charge in [0.15, 0.2) is 0 Å². The molecule has 1 heterocycles. The van der Waals surface area contributed by atoms with Gasteiger partial charge in [-0.05, 0) is 30.7 Å². The predicted molar refractivity (Wildman–Crippen MR) is 85.3 cm³/mol. The molecule has 21 heavy (non-hydrogen) atoms. The molecule has 0 fully saturated rings. The molecule has 0 radical (unpaired) electrons. The Balaban J connectivity index is 1.72. The van der Waals surface area contributed by atoms with Gasteiger partial charge in [-0.25, -0.2) is 4.98 Å². The smallest absolute Gasteiger partial charge is 0.252 e. The van der Waals surface area contributed by atoms with E-state index in [1.165, 1.54) is 11.9 Å². The number of nitrogen functional groups attached to an aromatic ring is 1. The van der Waals surface area contributed by atoms with Gasteiger partial charge in [0, 0.05) is 32.0 Å². The predicted octanol–water partition coefficient (Wildman–Crippen LogP) is 1.92. The fourth-order valence-electron chi connectivity index (χ4n) is 1.97. The molecule has 5 nitrogen and oxygen atoms in total. The molecule has 0 bridgehead atoms. The topological polar surface area (TPSA) is 71.2 Å². The van der Waals surface area contributed by atoms with Gasteiger partial charge in [0.25, 0.3) is 5.91 Å². The van der Waals surface area contributed by atoms with Crippen LogP contribution >= 0.6 is 0 Å². The number of hydrogen-bond donors (Lipinski definition) is 2. The Labute approximate surface area is 124 Å². The van der Waals surface area contributed by atoms with E-state index in [2.05, 4.69) is 27.3 Å². The Morgan fingerprint density at radius 1 is 1.24 bits per heavy atom. The van der Waals surface area contributed by atoms with E-state index in [4.69, 9.17) is 5.73 Å². The molecule has 0 aliphatic rings. The van der Waals surface area contributed by atoms with Crippen LogP contribution < -0.4 is 16.0 Å². The summed E-state index contributed by atoms with van der Waals surface area (Å²) < 4.78 is 0. The van der Waals surface area contributed by atoms with Gasteiger partial charge in [0.2, 0.25) is 0 Å². The molecule has 1 aromatic heterocycles. The van der Waals surface area contributed by atoms with Gasteiger partial charge in [0.1, 0.15) is 5.82 Å². The van der Waals surface area contributed by atoms with Crippen molar-refractivity contribution in [3.63, 3.8) is 0 Å². The van der Waals surface area contributed by atoms with E-state index in [0.717, 1.165) is 13.0 Å². The summed E-state index contributed by atoms with van der Waals surface area (Å²) in [6.45, 7) is 1.50. The van der Waals surface area contributed by atoms with Crippen molar-refractivity contribution < 1.29 is 4.79 Å². The minimum absolute atomic E-state index is 0.120. The summed E-state index contributed by atoms with van der Waals surface area (Å²) in [6.07, 6.45) is 2.36. The molecule has 1 aromatic carbocycles. The number of nitrogens with two attached hydrogens (primary N) is 1. The highest BCUT2D eigenvalue weighted by molar-refractivity contribution is 5.93. The van der Waals surface area contributed by atoms with Crippen LogP contribution in [0.3, 0.4) is 0 Å². The molecule has 0 saturated heterocycles. The van der Waals surface area contributed by atoms with Crippen molar-refractivity contribution in [1.29, 1.82) is 0 Å². The summed E-state index contributed by atoms with van der Waals surface area (Å²) in [5.74, 6) is 0.293. The lowest BCUT2D eigenvalue weighted by molar-refractivity contribution is 0.0953. The minimum atomic E-state index is -0.120. The van der Waals surface area contributed by atoms with Crippen molar-refractivity contribution in [3.05, 3.63) is 54.2 Å². The first-order valence-electron chi connectivity index (χ1n) is 6.93. The van der Waals surface area contributed by atoms with Gasteiger partial charge < -0.3 is 16.0 Å². The third-order valence-corrected chi connectivity index (χ3v) is 3.20. The highest BCUT2D eigenvalue weighted by atomic mass is 16.1. The standard InChI is InChI=1S/C16H20N4O/c1-20(14-6-3-2-4-7-14)11-5-10-18-16(21)13-8-9-15(17)19-12-13/h2-4,6-9,12H,5,10-11H2,1H3,(H2,17,19)(H,18,21). The summed E-state index contributed by atoms with van der Waals surface area (Å²) in [4.78, 5) is 17.9. The quantitative estimate of drug-likeness (QED) is 0.795. The highest BCUT2D eigenvalue weighted by Crippen LogP contribution is 2.10. The number of benzene rings is 1. The van der Waals surface area contributed by atoms with Crippen molar-refractivity contribution in [1.82, 2.24) is 10.3 Å². The Morgan fingerprint density at radius 3 is 2.67 bits per heavy atom. The Bertz CT molecular complexity index is 569. The average Bonchev–Trinajstić information content (AvgIpc) is 2.52. The molecule has 3 N–H and O–H groups in total. The maximum atomic E-state index is 11.9. The molecule has 2 rings (SSSR count). The Hall–Kier alpha value is -2.56. The lowest BCUT2D eigenvalue weighted by Crippen LogP contribution is -2.28. The first kappa shape index (κ1) is 14.8. The van der Waals surface area contributed by atoms with Crippen LogP contribution in [0.1, 0.15) is 16.8 Å². The van der Waals surface area contributed by atoms with E-state index < -0.39 is 0 Å². The molecule has 0 atom stereocenters. The van der Waals surface area contributed by atoms with Crippen molar-refractivity contribution in [2.45, 2.75) is 6.42 Å². The van der Waals surface area contributed by atoms with E-state index in [0.29, 0.717) is 17.9 Å². The van der Waals surface area contributed by atoms with E-state index in [1.54, 1.807) is 12.1 Å². The van der Waals surface area contributed by atoms with E-state index >= 15 is 0 Å². The van der Waals surface area contributed by atoms with Crippen LogP contribution in [0.25, 0.3) is 0 Å². The summed E-state index contributed by atoms with van der Waals surface area (Å²) in [7, 11) is 2.04. The first-order chi connectivity index (χ1) is 10.2. The Morgan fingerprint density at radius 2 is 2.00 bits per heavy atom. The molecule has 0 spiro atoms. The molecular formula is C16H20N4O. The van der Waals surface area contributed by atoms with Gasteiger partial charge in [-0.15, -0.1) is 0 Å². The van der Waals surface area contributed by atoms with Gasteiger partial charge in [-0.1, -0.05) is 18.2 Å². The summed E-state index contributed by atoms with van der Waals surface area (Å²) in [6, 6.07) is 13.5. The fourth-order valence-corrected chi connectivity index (χ4v) is 1.97. The normalized spacial score (nSPS) is 10.1. The monoisotopic (exact) mass is 284 g/mol. The van der Waals surface area contributed by atoms with Crippen LogP contribution in [0.4, 0.5) is 11.5 Å². The molecule has 2 aromatic rings. The molecule has 1 amide bonds. The number of hydrogen-bond acceptors (Lipinski definition) is 4. The first-order valence-corrected chi connectivity index (χ1v) is 6.93. The third kappa shape index (κ3) is 4.49. The van der Waals surface area contributed by atoms with Gasteiger partial charge >= 0.3 is 0 Å². The van der Waals surface area contributed by atoms with Crippen LogP contribution in [-0.4, -0.2) is 31.0 Å². The summed E-state index contributed by atoms with van der Waals surface area (Å²) in [5.41, 5.74) is 7.19. The van der Waals surface area contributed by atoms with E-state index in [9.17, 15) is 4.79 Å².